The minimum absolute atomic E-state index is 0.0882. The van der Waals surface area contributed by atoms with Crippen LogP contribution in [0.25, 0.3) is 0 Å². The van der Waals surface area contributed by atoms with Crippen LogP contribution in [0.4, 0.5) is 26.3 Å². The monoisotopic (exact) mass is 421 g/mol. The molecular formula is C9H5BrF6In. The summed E-state index contributed by atoms with van der Waals surface area (Å²) in [5.74, 6) is 0. The Bertz CT molecular complexity index is 365. The van der Waals surface area contributed by atoms with Crippen molar-refractivity contribution < 1.29 is 26.3 Å². The van der Waals surface area contributed by atoms with Crippen LogP contribution in [0.5, 0.6) is 0 Å². The molecule has 0 nitrogen and oxygen atoms in total. The Morgan fingerprint density at radius 3 is 1.59 bits per heavy atom. The molecule has 0 aliphatic carbocycles. The van der Waals surface area contributed by atoms with Gasteiger partial charge in [-0.3, -0.25) is 0 Å². The summed E-state index contributed by atoms with van der Waals surface area (Å²) in [6.45, 7) is 0. The van der Waals surface area contributed by atoms with Crippen LogP contribution in [0.1, 0.15) is 16.7 Å². The average Bonchev–Trinajstić information content (AvgIpc) is 2.15. The Balaban J connectivity index is 3.29. The van der Waals surface area contributed by atoms with Crippen LogP contribution < -0.4 is 0 Å². The molecule has 1 aromatic rings. The summed E-state index contributed by atoms with van der Waals surface area (Å²) in [7, 11) is 0. The zero-order valence-corrected chi connectivity index (χ0v) is 13.0. The van der Waals surface area contributed by atoms with Crippen molar-refractivity contribution in [1.29, 1.82) is 0 Å². The quantitative estimate of drug-likeness (QED) is 0.627. The second-order valence-corrected chi connectivity index (χ2v) is 9.66. The molecule has 0 spiro atoms. The van der Waals surface area contributed by atoms with Gasteiger partial charge in [0.25, 0.3) is 0 Å². The van der Waals surface area contributed by atoms with Crippen molar-refractivity contribution in [2.24, 2.45) is 0 Å². The van der Waals surface area contributed by atoms with Crippen molar-refractivity contribution in [1.82, 2.24) is 0 Å². The fraction of sp³-hybridized carbons (Fsp3) is 0.333. The van der Waals surface area contributed by atoms with Crippen LogP contribution in [-0.4, -0.2) is 20.6 Å². The molecule has 1 radical (unpaired) electrons. The molecule has 0 saturated carbocycles. The third kappa shape index (κ3) is 4.39. The van der Waals surface area contributed by atoms with Crippen molar-refractivity contribution in [2.45, 2.75) is 16.5 Å². The Hall–Kier alpha value is 0.150. The van der Waals surface area contributed by atoms with Gasteiger partial charge >= 0.3 is 111 Å². The van der Waals surface area contributed by atoms with Gasteiger partial charge in [-0.05, 0) is 0 Å². The van der Waals surface area contributed by atoms with E-state index in [1.165, 1.54) is 0 Å². The first-order chi connectivity index (χ1) is 7.64. The van der Waals surface area contributed by atoms with E-state index in [9.17, 15) is 26.3 Å². The van der Waals surface area contributed by atoms with Crippen LogP contribution in [-0.2, 0) is 16.5 Å². The summed E-state index contributed by atoms with van der Waals surface area (Å²) >= 11 is 1.92. The predicted molar refractivity (Wildman–Crippen MR) is 54.8 cm³/mol. The third-order valence-electron chi connectivity index (χ3n) is 1.96. The summed E-state index contributed by atoms with van der Waals surface area (Å²) in [4.78, 5) is 0. The Kier molecular flexibility index (Phi) is 4.85. The third-order valence-corrected chi connectivity index (χ3v) is 5.92. The van der Waals surface area contributed by atoms with Crippen LogP contribution in [0.15, 0.2) is 18.2 Å². The van der Waals surface area contributed by atoms with Crippen LogP contribution in [0.2, 0.25) is 0 Å². The van der Waals surface area contributed by atoms with Crippen molar-refractivity contribution in [3.63, 3.8) is 0 Å². The van der Waals surface area contributed by atoms with Crippen LogP contribution in [0.3, 0.4) is 0 Å². The van der Waals surface area contributed by atoms with Gasteiger partial charge < -0.3 is 0 Å². The van der Waals surface area contributed by atoms with E-state index in [4.69, 9.17) is 0 Å². The molecule has 0 amide bonds. The van der Waals surface area contributed by atoms with Gasteiger partial charge in [0, 0.05) is 0 Å². The van der Waals surface area contributed by atoms with Gasteiger partial charge in [-0.2, -0.15) is 0 Å². The maximum atomic E-state index is 12.4. The van der Waals surface area contributed by atoms with E-state index in [-0.39, 0.29) is 11.6 Å². The van der Waals surface area contributed by atoms with Crippen molar-refractivity contribution >= 4 is 32.9 Å². The molecule has 0 atom stereocenters. The normalized spacial score (nSPS) is 12.6. The van der Waals surface area contributed by atoms with E-state index in [2.05, 4.69) is 12.3 Å². The molecule has 0 aliphatic heterocycles. The summed E-state index contributed by atoms with van der Waals surface area (Å²) in [6.07, 6.45) is -9.51. The molecule has 0 saturated heterocycles. The van der Waals surface area contributed by atoms with Gasteiger partial charge in [0.15, 0.2) is 0 Å². The van der Waals surface area contributed by atoms with Gasteiger partial charge in [0.2, 0.25) is 0 Å². The van der Waals surface area contributed by atoms with Crippen LogP contribution >= 0.6 is 12.3 Å². The zero-order chi connectivity index (χ0) is 13.3. The molecule has 0 bridgehead atoms. The summed E-state index contributed by atoms with van der Waals surface area (Å²) < 4.78 is 74.8. The van der Waals surface area contributed by atoms with Crippen molar-refractivity contribution in [3.05, 3.63) is 34.9 Å². The fourth-order valence-corrected chi connectivity index (χ4v) is 4.92. The average molecular weight is 422 g/mol. The molecule has 0 aromatic heterocycles. The molecule has 0 unspecified atom stereocenters. The molecule has 0 fully saturated rings. The summed E-state index contributed by atoms with van der Waals surface area (Å²) in [5, 5.41) is 0. The van der Waals surface area contributed by atoms with Gasteiger partial charge in [0.05, 0.1) is 0 Å². The zero-order valence-electron chi connectivity index (χ0n) is 8.16. The number of alkyl halides is 6. The Morgan fingerprint density at radius 1 is 0.882 bits per heavy atom. The second kappa shape index (κ2) is 5.42. The molecule has 0 aliphatic rings. The van der Waals surface area contributed by atoms with Gasteiger partial charge in [-0.1, -0.05) is 0 Å². The number of hydrogen-bond acceptors (Lipinski definition) is 0. The second-order valence-electron chi connectivity index (χ2n) is 3.27. The van der Waals surface area contributed by atoms with Gasteiger partial charge in [-0.15, -0.1) is 0 Å². The van der Waals surface area contributed by atoms with E-state index in [1.54, 1.807) is 0 Å². The minimum atomic E-state index is -4.75. The molecule has 1 aromatic carbocycles. The number of hydrogen-bond donors (Lipinski definition) is 0. The maximum absolute atomic E-state index is 12.4. The van der Waals surface area contributed by atoms with E-state index < -0.39 is 44.1 Å². The fourth-order valence-electron chi connectivity index (χ4n) is 1.23. The molecule has 8 heteroatoms. The molecule has 17 heavy (non-hydrogen) atoms. The van der Waals surface area contributed by atoms with E-state index in [0.717, 1.165) is 12.1 Å². The van der Waals surface area contributed by atoms with Gasteiger partial charge in [0.1, 0.15) is 0 Å². The van der Waals surface area contributed by atoms with Crippen molar-refractivity contribution in [2.75, 3.05) is 0 Å². The predicted octanol–water partition coefficient (Wildman–Crippen LogP) is 4.24. The standard InChI is InChI=1S/C9H5F6.BrH.In/c1-5-2-6(8(10,11)12)4-7(3-5)9(13,14)15;;/h2-4H,1H2;1H;/q;;+1/p-1. The molecule has 0 N–H and O–H groups in total. The van der Waals surface area contributed by atoms with E-state index in [1.807, 2.05) is 0 Å². The summed E-state index contributed by atoms with van der Waals surface area (Å²) in [6, 6.07) is 1.70. The molecule has 1 rings (SSSR count). The summed E-state index contributed by atoms with van der Waals surface area (Å²) in [5.41, 5.74) is -2.40. The number of rotatable bonds is 2. The van der Waals surface area contributed by atoms with E-state index in [0.29, 0.717) is 4.18 Å². The first kappa shape index (κ1) is 15.2. The first-order valence-corrected chi connectivity index (χ1v) is 14.1. The first-order valence-electron chi connectivity index (χ1n) is 4.35. The SMILES string of the molecule is FC(F)(F)c1cc([CH2][In][Br])cc(C(F)(F)F)c1. The molecule has 93 valence electrons. The Morgan fingerprint density at radius 2 is 1.29 bits per heavy atom. The molecule has 0 heterocycles. The molecular weight excluding hydrogens is 417 g/mol. The van der Waals surface area contributed by atoms with Gasteiger partial charge in [-0.25, -0.2) is 0 Å². The van der Waals surface area contributed by atoms with E-state index >= 15 is 0 Å². The number of benzene rings is 1. The van der Waals surface area contributed by atoms with Crippen LogP contribution in [0, 0.1) is 0 Å². The Labute approximate surface area is 110 Å². The number of halogens is 7. The topological polar surface area (TPSA) is 0 Å². The van der Waals surface area contributed by atoms with Crippen molar-refractivity contribution in [3.8, 4) is 0 Å².